The van der Waals surface area contributed by atoms with Gasteiger partial charge >= 0.3 is 6.09 Å². The van der Waals surface area contributed by atoms with Crippen LogP contribution in [0.25, 0.3) is 0 Å². The van der Waals surface area contributed by atoms with Crippen LogP contribution >= 0.6 is 24.0 Å². The first-order valence-corrected chi connectivity index (χ1v) is 10.6. The quantitative estimate of drug-likeness (QED) is 0.172. The lowest BCUT2D eigenvalue weighted by Crippen LogP contribution is -2.42. The first-order valence-electron chi connectivity index (χ1n) is 9.09. The molecule has 0 radical (unpaired) electrons. The van der Waals surface area contributed by atoms with Crippen molar-refractivity contribution in [3.8, 4) is 0 Å². The van der Waals surface area contributed by atoms with Gasteiger partial charge in [-0.1, -0.05) is 12.1 Å². The highest BCUT2D eigenvalue weighted by Gasteiger charge is 2.15. The van der Waals surface area contributed by atoms with Crippen molar-refractivity contribution in [2.24, 2.45) is 4.99 Å². The third kappa shape index (κ3) is 11.2. The number of carbonyl (C=O) groups is 1. The number of halogens is 1. The summed E-state index contributed by atoms with van der Waals surface area (Å²) in [5, 5.41) is 8.90. The van der Waals surface area contributed by atoms with Crippen LogP contribution in [-0.4, -0.2) is 52.8 Å². The molecule has 1 rings (SSSR count). The minimum atomic E-state index is -3.44. The summed E-state index contributed by atoms with van der Waals surface area (Å²) in [5.41, 5.74) is 0.342. The van der Waals surface area contributed by atoms with Gasteiger partial charge in [0, 0.05) is 19.6 Å². The van der Waals surface area contributed by atoms with Gasteiger partial charge in [-0.25, -0.2) is 22.9 Å². The van der Waals surface area contributed by atoms with Crippen molar-refractivity contribution in [2.75, 3.05) is 26.7 Å². The van der Waals surface area contributed by atoms with E-state index in [0.717, 1.165) is 5.56 Å². The number of rotatable bonds is 8. The number of ether oxygens (including phenoxy) is 1. The lowest BCUT2D eigenvalue weighted by atomic mass is 10.2. The number of hydrogen-bond acceptors (Lipinski definition) is 5. The molecule has 0 aromatic heterocycles. The molecule has 0 atom stereocenters. The standard InChI is InChI=1S/C18H31N5O4S.HI/c1-6-20-16(21-11-12-22-17(24)27-18(2,3)4)23-13-14-7-9-15(10-8-14)28(25,26)19-5;/h7-10,19H,6,11-13H2,1-5H3,(H,22,24)(H2,20,21,23);1H. The minimum absolute atomic E-state index is 0. The van der Waals surface area contributed by atoms with E-state index in [-0.39, 0.29) is 28.9 Å². The minimum Gasteiger partial charge on any atom is -0.444 e. The van der Waals surface area contributed by atoms with E-state index in [0.29, 0.717) is 32.1 Å². The SMILES string of the molecule is CCNC(=NCc1ccc(S(=O)(=O)NC)cc1)NCCNC(=O)OC(C)(C)C.I. The molecule has 1 amide bonds. The van der Waals surface area contributed by atoms with Gasteiger partial charge in [0.25, 0.3) is 0 Å². The molecule has 1 aromatic rings. The van der Waals surface area contributed by atoms with E-state index in [2.05, 4.69) is 25.7 Å². The Hall–Kier alpha value is -1.60. The van der Waals surface area contributed by atoms with Crippen LogP contribution in [-0.2, 0) is 21.3 Å². The van der Waals surface area contributed by atoms with Gasteiger partial charge < -0.3 is 20.7 Å². The fourth-order valence-corrected chi connectivity index (χ4v) is 2.79. The molecule has 0 bridgehead atoms. The number of amides is 1. The number of guanidine groups is 1. The van der Waals surface area contributed by atoms with E-state index in [4.69, 9.17) is 4.74 Å². The van der Waals surface area contributed by atoms with E-state index < -0.39 is 21.7 Å². The van der Waals surface area contributed by atoms with Gasteiger partial charge in [-0.05, 0) is 52.4 Å². The second-order valence-corrected chi connectivity index (χ2v) is 8.79. The Labute approximate surface area is 190 Å². The van der Waals surface area contributed by atoms with E-state index >= 15 is 0 Å². The van der Waals surface area contributed by atoms with Crippen molar-refractivity contribution in [2.45, 2.75) is 44.7 Å². The highest BCUT2D eigenvalue weighted by Crippen LogP contribution is 2.10. The summed E-state index contributed by atoms with van der Waals surface area (Å²) < 4.78 is 30.9. The fourth-order valence-electron chi connectivity index (χ4n) is 2.06. The maximum absolute atomic E-state index is 11.7. The summed E-state index contributed by atoms with van der Waals surface area (Å²) in [4.78, 5) is 16.3. The smallest absolute Gasteiger partial charge is 0.407 e. The Kier molecular flexibility index (Phi) is 12.1. The molecule has 0 heterocycles. The molecule has 0 aliphatic heterocycles. The average molecular weight is 541 g/mol. The van der Waals surface area contributed by atoms with Gasteiger partial charge in [-0.3, -0.25) is 0 Å². The topological polar surface area (TPSA) is 121 Å². The second kappa shape index (κ2) is 12.9. The van der Waals surface area contributed by atoms with Gasteiger partial charge in [0.2, 0.25) is 10.0 Å². The van der Waals surface area contributed by atoms with Gasteiger partial charge in [0.1, 0.15) is 5.60 Å². The van der Waals surface area contributed by atoms with Crippen LogP contribution in [0.15, 0.2) is 34.2 Å². The van der Waals surface area contributed by atoms with Crippen LogP contribution in [0.5, 0.6) is 0 Å². The van der Waals surface area contributed by atoms with Gasteiger partial charge in [0.15, 0.2) is 5.96 Å². The molecule has 0 unspecified atom stereocenters. The Morgan fingerprint density at radius 3 is 2.17 bits per heavy atom. The molecule has 0 aliphatic carbocycles. The van der Waals surface area contributed by atoms with Crippen LogP contribution in [0, 0.1) is 0 Å². The molecule has 1 aromatic carbocycles. The molecule has 11 heteroatoms. The van der Waals surface area contributed by atoms with E-state index in [9.17, 15) is 13.2 Å². The summed E-state index contributed by atoms with van der Waals surface area (Å²) >= 11 is 0. The zero-order valence-corrected chi connectivity index (χ0v) is 20.7. The number of carbonyl (C=O) groups excluding carboxylic acids is 1. The van der Waals surface area contributed by atoms with Gasteiger partial charge in [0.05, 0.1) is 11.4 Å². The predicted molar refractivity (Wildman–Crippen MR) is 125 cm³/mol. The summed E-state index contributed by atoms with van der Waals surface area (Å²) in [5.74, 6) is 0.598. The lowest BCUT2D eigenvalue weighted by molar-refractivity contribution is 0.0529. The van der Waals surface area contributed by atoms with Crippen molar-refractivity contribution >= 4 is 46.1 Å². The van der Waals surface area contributed by atoms with Crippen LogP contribution in [0.3, 0.4) is 0 Å². The highest BCUT2D eigenvalue weighted by atomic mass is 127. The Balaban J connectivity index is 0.00000784. The van der Waals surface area contributed by atoms with Crippen molar-refractivity contribution in [1.82, 2.24) is 20.7 Å². The van der Waals surface area contributed by atoms with E-state index in [1.165, 1.54) is 7.05 Å². The Morgan fingerprint density at radius 2 is 1.66 bits per heavy atom. The maximum Gasteiger partial charge on any atom is 0.407 e. The molecule has 0 spiro atoms. The van der Waals surface area contributed by atoms with Crippen LogP contribution < -0.4 is 20.7 Å². The van der Waals surface area contributed by atoms with Crippen molar-refractivity contribution in [3.05, 3.63) is 29.8 Å². The van der Waals surface area contributed by atoms with Crippen LogP contribution in [0.4, 0.5) is 4.79 Å². The van der Waals surface area contributed by atoms with E-state index in [1.807, 2.05) is 27.7 Å². The molecule has 166 valence electrons. The molecular weight excluding hydrogens is 509 g/mol. The first kappa shape index (κ1) is 27.4. The number of hydrogen-bond donors (Lipinski definition) is 4. The molecule has 0 saturated heterocycles. The Bertz CT molecular complexity index is 761. The molecule has 0 aliphatic rings. The van der Waals surface area contributed by atoms with Crippen LogP contribution in [0.2, 0.25) is 0 Å². The monoisotopic (exact) mass is 541 g/mol. The van der Waals surface area contributed by atoms with Crippen molar-refractivity contribution in [1.29, 1.82) is 0 Å². The average Bonchev–Trinajstić information content (AvgIpc) is 2.62. The molecular formula is C18H32IN5O4S. The fraction of sp³-hybridized carbons (Fsp3) is 0.556. The second-order valence-electron chi connectivity index (χ2n) is 6.90. The number of alkyl carbamates (subject to hydrolysis) is 1. The molecule has 0 saturated carbocycles. The summed E-state index contributed by atoms with van der Waals surface area (Å²) in [7, 11) is -2.07. The zero-order chi connectivity index (χ0) is 21.2. The highest BCUT2D eigenvalue weighted by molar-refractivity contribution is 14.0. The lowest BCUT2D eigenvalue weighted by Gasteiger charge is -2.19. The molecule has 0 fully saturated rings. The largest absolute Gasteiger partial charge is 0.444 e. The summed E-state index contributed by atoms with van der Waals surface area (Å²) in [6.45, 7) is 9.30. The molecule has 29 heavy (non-hydrogen) atoms. The number of aliphatic imine (C=N–C) groups is 1. The normalized spacial score (nSPS) is 12.0. The van der Waals surface area contributed by atoms with Crippen molar-refractivity contribution in [3.63, 3.8) is 0 Å². The van der Waals surface area contributed by atoms with Gasteiger partial charge in [-0.2, -0.15) is 0 Å². The number of sulfonamides is 1. The molecule has 9 nitrogen and oxygen atoms in total. The third-order valence-electron chi connectivity index (χ3n) is 3.35. The van der Waals surface area contributed by atoms with Gasteiger partial charge in [-0.15, -0.1) is 24.0 Å². The molecule has 4 N–H and O–H groups in total. The van der Waals surface area contributed by atoms with Crippen LogP contribution in [0.1, 0.15) is 33.3 Å². The first-order chi connectivity index (χ1) is 13.1. The number of nitrogens with one attached hydrogen (secondary N) is 4. The number of benzene rings is 1. The number of nitrogens with zero attached hydrogens (tertiary/aromatic N) is 1. The van der Waals surface area contributed by atoms with E-state index in [1.54, 1.807) is 24.3 Å². The predicted octanol–water partition coefficient (Wildman–Crippen LogP) is 1.79. The summed E-state index contributed by atoms with van der Waals surface area (Å²) in [6, 6.07) is 6.53. The third-order valence-corrected chi connectivity index (χ3v) is 4.78. The van der Waals surface area contributed by atoms with Crippen molar-refractivity contribution < 1.29 is 17.9 Å². The zero-order valence-electron chi connectivity index (χ0n) is 17.5. The summed E-state index contributed by atoms with van der Waals surface area (Å²) in [6.07, 6.45) is -0.465. The Morgan fingerprint density at radius 1 is 1.07 bits per heavy atom. The maximum atomic E-state index is 11.7.